The second-order valence-electron chi connectivity index (χ2n) is 8.71. The van der Waals surface area contributed by atoms with Crippen LogP contribution in [0.1, 0.15) is 56.1 Å². The minimum absolute atomic E-state index is 0.0636. The van der Waals surface area contributed by atoms with E-state index in [0.717, 1.165) is 73.4 Å². The van der Waals surface area contributed by atoms with Crippen LogP contribution in [-0.4, -0.2) is 25.2 Å². The van der Waals surface area contributed by atoms with Crippen molar-refractivity contribution in [1.29, 1.82) is 0 Å². The lowest BCUT2D eigenvalue weighted by molar-refractivity contribution is -0.128. The average molecular weight is 421 g/mol. The molecule has 0 aromatic heterocycles. The molecule has 2 heterocycles. The Morgan fingerprint density at radius 3 is 2.65 bits per heavy atom. The summed E-state index contributed by atoms with van der Waals surface area (Å²) < 4.78 is 11.0. The van der Waals surface area contributed by atoms with Crippen molar-refractivity contribution in [3.63, 3.8) is 0 Å². The number of nitrogens with zero attached hydrogens (tertiary/aromatic N) is 1. The largest absolute Gasteiger partial charge is 0.454 e. The third-order valence-corrected chi connectivity index (χ3v) is 6.82. The van der Waals surface area contributed by atoms with E-state index in [0.29, 0.717) is 13.0 Å². The fourth-order valence-electron chi connectivity index (χ4n) is 5.10. The van der Waals surface area contributed by atoms with Crippen LogP contribution in [0, 0.1) is 0 Å². The van der Waals surface area contributed by atoms with E-state index < -0.39 is 5.41 Å². The van der Waals surface area contributed by atoms with Gasteiger partial charge >= 0.3 is 0 Å². The first-order chi connectivity index (χ1) is 15.2. The molecule has 6 nitrogen and oxygen atoms in total. The summed E-state index contributed by atoms with van der Waals surface area (Å²) in [4.78, 5) is 27.4. The number of amides is 2. The minimum Gasteiger partial charge on any atom is -0.454 e. The molecule has 1 aliphatic carbocycles. The summed E-state index contributed by atoms with van der Waals surface area (Å²) in [6, 6.07) is 13.8. The van der Waals surface area contributed by atoms with E-state index in [-0.39, 0.29) is 18.6 Å². The van der Waals surface area contributed by atoms with Gasteiger partial charge in [0, 0.05) is 25.2 Å². The van der Waals surface area contributed by atoms with Gasteiger partial charge in [-0.2, -0.15) is 0 Å². The number of fused-ring (bicyclic) bond motifs is 1. The van der Waals surface area contributed by atoms with Crippen LogP contribution in [0.4, 0.5) is 5.69 Å². The smallest absolute Gasteiger partial charge is 0.231 e. The number of hydrogen-bond acceptors (Lipinski definition) is 4. The number of nitrogens with one attached hydrogen (secondary N) is 1. The highest BCUT2D eigenvalue weighted by molar-refractivity contribution is 5.95. The molecule has 0 bridgehead atoms. The van der Waals surface area contributed by atoms with Crippen LogP contribution in [0.25, 0.3) is 0 Å². The van der Waals surface area contributed by atoms with Crippen LogP contribution < -0.4 is 19.7 Å². The first kappa shape index (κ1) is 19.9. The van der Waals surface area contributed by atoms with E-state index in [4.69, 9.17) is 9.47 Å². The van der Waals surface area contributed by atoms with E-state index in [1.807, 2.05) is 47.4 Å². The molecule has 1 saturated carbocycles. The fourth-order valence-corrected chi connectivity index (χ4v) is 5.10. The Balaban J connectivity index is 1.35. The van der Waals surface area contributed by atoms with Gasteiger partial charge in [-0.05, 0) is 54.7 Å². The third kappa shape index (κ3) is 3.75. The lowest BCUT2D eigenvalue weighted by Crippen LogP contribution is -2.45. The van der Waals surface area contributed by atoms with Crippen LogP contribution in [-0.2, 0) is 21.5 Å². The number of benzene rings is 2. The van der Waals surface area contributed by atoms with Crippen molar-refractivity contribution in [1.82, 2.24) is 5.32 Å². The summed E-state index contributed by atoms with van der Waals surface area (Å²) >= 11 is 0. The molecule has 0 unspecified atom stereocenters. The van der Waals surface area contributed by atoms with E-state index in [2.05, 4.69) is 5.32 Å². The summed E-state index contributed by atoms with van der Waals surface area (Å²) in [6.07, 6.45) is 6.41. The lowest BCUT2D eigenvalue weighted by Gasteiger charge is -2.36. The summed E-state index contributed by atoms with van der Waals surface area (Å²) in [5, 5.41) is 3.19. The van der Waals surface area contributed by atoms with Gasteiger partial charge in [-0.15, -0.1) is 0 Å². The van der Waals surface area contributed by atoms with Crippen molar-refractivity contribution in [3.8, 4) is 11.5 Å². The minimum atomic E-state index is -0.540. The Morgan fingerprint density at radius 1 is 1.00 bits per heavy atom. The Kier molecular flexibility index (Phi) is 5.30. The molecule has 162 valence electrons. The maximum absolute atomic E-state index is 13.5. The topological polar surface area (TPSA) is 67.9 Å². The molecule has 0 spiro atoms. The first-order valence-electron chi connectivity index (χ1n) is 11.2. The standard InChI is InChI=1S/C25H28N2O4/c28-23-8-5-13-27(23)20-7-4-6-18(14-20)16-26-24(29)25(11-2-1-3-12-25)19-9-10-21-22(15-19)31-17-30-21/h4,6-7,9-10,14-15H,1-3,5,8,11-13,16-17H2,(H,26,29). The molecule has 6 heteroatoms. The summed E-state index contributed by atoms with van der Waals surface area (Å²) in [7, 11) is 0. The Bertz CT molecular complexity index is 997. The molecule has 3 aliphatic rings. The van der Waals surface area contributed by atoms with Gasteiger partial charge < -0.3 is 19.7 Å². The zero-order chi connectivity index (χ0) is 21.3. The maximum Gasteiger partial charge on any atom is 0.231 e. The number of carbonyl (C=O) groups excluding carboxylic acids is 2. The summed E-state index contributed by atoms with van der Waals surface area (Å²) in [5.74, 6) is 1.69. The average Bonchev–Trinajstić information content (AvgIpc) is 3.46. The van der Waals surface area contributed by atoms with E-state index in [1.54, 1.807) is 0 Å². The molecule has 2 aliphatic heterocycles. The second-order valence-corrected chi connectivity index (χ2v) is 8.71. The molecular formula is C25H28N2O4. The fraction of sp³-hybridized carbons (Fsp3) is 0.440. The first-order valence-corrected chi connectivity index (χ1v) is 11.2. The highest BCUT2D eigenvalue weighted by Crippen LogP contribution is 2.43. The second kappa shape index (κ2) is 8.25. The van der Waals surface area contributed by atoms with Crippen LogP contribution >= 0.6 is 0 Å². The monoisotopic (exact) mass is 420 g/mol. The highest BCUT2D eigenvalue weighted by Gasteiger charge is 2.41. The number of carbonyl (C=O) groups is 2. The van der Waals surface area contributed by atoms with Crippen LogP contribution in [0.3, 0.4) is 0 Å². The molecule has 1 saturated heterocycles. The van der Waals surface area contributed by atoms with Gasteiger partial charge in [0.25, 0.3) is 0 Å². The Labute approximate surface area is 182 Å². The normalized spacial score (nSPS) is 19.5. The van der Waals surface area contributed by atoms with Gasteiger partial charge in [0.05, 0.1) is 5.41 Å². The van der Waals surface area contributed by atoms with E-state index in [9.17, 15) is 9.59 Å². The van der Waals surface area contributed by atoms with Gasteiger partial charge in [-0.1, -0.05) is 37.5 Å². The Morgan fingerprint density at radius 2 is 1.84 bits per heavy atom. The van der Waals surface area contributed by atoms with Gasteiger partial charge in [-0.3, -0.25) is 9.59 Å². The van der Waals surface area contributed by atoms with Crippen molar-refractivity contribution in [2.24, 2.45) is 0 Å². The molecular weight excluding hydrogens is 392 g/mol. The number of anilines is 1. The van der Waals surface area contributed by atoms with Gasteiger partial charge in [-0.25, -0.2) is 0 Å². The van der Waals surface area contributed by atoms with Crippen LogP contribution in [0.5, 0.6) is 11.5 Å². The molecule has 31 heavy (non-hydrogen) atoms. The van der Waals surface area contributed by atoms with Crippen molar-refractivity contribution in [2.75, 3.05) is 18.2 Å². The van der Waals surface area contributed by atoms with Crippen molar-refractivity contribution < 1.29 is 19.1 Å². The lowest BCUT2D eigenvalue weighted by atomic mass is 9.68. The highest BCUT2D eigenvalue weighted by atomic mass is 16.7. The van der Waals surface area contributed by atoms with Crippen molar-refractivity contribution in [2.45, 2.75) is 56.9 Å². The molecule has 0 atom stereocenters. The molecule has 0 radical (unpaired) electrons. The zero-order valence-electron chi connectivity index (χ0n) is 17.7. The maximum atomic E-state index is 13.5. The zero-order valence-corrected chi connectivity index (χ0v) is 17.7. The van der Waals surface area contributed by atoms with Crippen LogP contribution in [0.15, 0.2) is 42.5 Å². The molecule has 2 amide bonds. The van der Waals surface area contributed by atoms with Crippen molar-refractivity contribution >= 4 is 17.5 Å². The number of hydrogen-bond donors (Lipinski definition) is 1. The summed E-state index contributed by atoms with van der Waals surface area (Å²) in [6.45, 7) is 1.44. The van der Waals surface area contributed by atoms with E-state index in [1.165, 1.54) is 0 Å². The van der Waals surface area contributed by atoms with Gasteiger partial charge in [0.15, 0.2) is 11.5 Å². The van der Waals surface area contributed by atoms with Gasteiger partial charge in [0.2, 0.25) is 18.6 Å². The van der Waals surface area contributed by atoms with Crippen LogP contribution in [0.2, 0.25) is 0 Å². The molecule has 2 fully saturated rings. The molecule has 2 aromatic rings. The van der Waals surface area contributed by atoms with E-state index >= 15 is 0 Å². The number of rotatable bonds is 5. The quantitative estimate of drug-likeness (QED) is 0.792. The Hall–Kier alpha value is -3.02. The number of ether oxygens (including phenoxy) is 2. The SMILES string of the molecule is O=C1CCCN1c1cccc(CNC(=O)C2(c3ccc4c(c3)OCO4)CCCCC2)c1. The van der Waals surface area contributed by atoms with Gasteiger partial charge in [0.1, 0.15) is 0 Å². The predicted molar refractivity (Wildman–Crippen MR) is 117 cm³/mol. The van der Waals surface area contributed by atoms with Crippen molar-refractivity contribution in [3.05, 3.63) is 53.6 Å². The molecule has 1 N–H and O–H groups in total. The third-order valence-electron chi connectivity index (χ3n) is 6.82. The summed E-state index contributed by atoms with van der Waals surface area (Å²) in [5.41, 5.74) is 2.38. The predicted octanol–water partition coefficient (Wildman–Crippen LogP) is 4.06. The molecule has 2 aromatic carbocycles. The molecule has 5 rings (SSSR count).